The Morgan fingerprint density at radius 2 is 2.20 bits per heavy atom. The molecule has 0 aromatic carbocycles. The molecule has 2 atom stereocenters. The molecule has 15 heavy (non-hydrogen) atoms. The van der Waals surface area contributed by atoms with Crippen molar-refractivity contribution in [2.45, 2.75) is 19.1 Å². The zero-order valence-electron chi connectivity index (χ0n) is 8.74. The summed E-state index contributed by atoms with van der Waals surface area (Å²) >= 11 is 0. The molecule has 0 aliphatic carbocycles. The van der Waals surface area contributed by atoms with Crippen LogP contribution in [0.3, 0.4) is 0 Å². The van der Waals surface area contributed by atoms with Crippen molar-refractivity contribution < 1.29 is 14.6 Å². The largest absolute Gasteiger partial charge is 0.389 e. The molecule has 0 spiro atoms. The third-order valence-corrected chi connectivity index (χ3v) is 2.14. The molecule has 5 heteroatoms. The van der Waals surface area contributed by atoms with Gasteiger partial charge in [0.25, 0.3) is 0 Å². The summed E-state index contributed by atoms with van der Waals surface area (Å²) in [5.41, 5.74) is 0.830. The highest BCUT2D eigenvalue weighted by Gasteiger charge is 2.20. The van der Waals surface area contributed by atoms with Crippen LogP contribution in [0.2, 0.25) is 0 Å². The van der Waals surface area contributed by atoms with Crippen LogP contribution in [0.1, 0.15) is 17.4 Å². The van der Waals surface area contributed by atoms with Gasteiger partial charge in [-0.1, -0.05) is 0 Å². The van der Waals surface area contributed by atoms with E-state index >= 15 is 0 Å². The SMILES string of the molecule is CNCC(O)C(O)c1ncc(F)cc1C. The molecule has 0 aliphatic heterocycles. The highest BCUT2D eigenvalue weighted by atomic mass is 19.1. The molecule has 4 nitrogen and oxygen atoms in total. The maximum Gasteiger partial charge on any atom is 0.141 e. The first-order valence-electron chi connectivity index (χ1n) is 4.69. The molecular formula is C10H15FN2O2. The number of nitrogens with zero attached hydrogens (tertiary/aromatic N) is 1. The maximum absolute atomic E-state index is 12.7. The van der Waals surface area contributed by atoms with E-state index in [2.05, 4.69) is 10.3 Å². The predicted molar refractivity (Wildman–Crippen MR) is 53.8 cm³/mol. The van der Waals surface area contributed by atoms with Crippen LogP contribution >= 0.6 is 0 Å². The first-order valence-corrected chi connectivity index (χ1v) is 4.69. The van der Waals surface area contributed by atoms with Crippen molar-refractivity contribution in [3.8, 4) is 0 Å². The summed E-state index contributed by atoms with van der Waals surface area (Å²) < 4.78 is 12.7. The minimum atomic E-state index is -1.10. The van der Waals surface area contributed by atoms with Crippen LogP contribution < -0.4 is 5.32 Å². The monoisotopic (exact) mass is 214 g/mol. The van der Waals surface area contributed by atoms with Gasteiger partial charge in [-0.2, -0.15) is 0 Å². The highest BCUT2D eigenvalue weighted by Crippen LogP contribution is 2.18. The van der Waals surface area contributed by atoms with Crippen LogP contribution in [0.25, 0.3) is 0 Å². The van der Waals surface area contributed by atoms with Gasteiger partial charge in [-0.3, -0.25) is 4.98 Å². The quantitative estimate of drug-likeness (QED) is 0.667. The molecule has 2 unspecified atom stereocenters. The van der Waals surface area contributed by atoms with Crippen LogP contribution in [0.15, 0.2) is 12.3 Å². The van der Waals surface area contributed by atoms with Crippen molar-refractivity contribution >= 4 is 0 Å². The van der Waals surface area contributed by atoms with Crippen LogP contribution in [0.5, 0.6) is 0 Å². The predicted octanol–water partition coefficient (Wildman–Crippen LogP) is 0.143. The Bertz CT molecular complexity index is 333. The van der Waals surface area contributed by atoms with Gasteiger partial charge in [-0.05, 0) is 25.6 Å². The van der Waals surface area contributed by atoms with Gasteiger partial charge >= 0.3 is 0 Å². The second-order valence-electron chi connectivity index (χ2n) is 3.43. The number of halogens is 1. The summed E-state index contributed by atoms with van der Waals surface area (Å²) in [7, 11) is 1.67. The fourth-order valence-electron chi connectivity index (χ4n) is 1.36. The third kappa shape index (κ3) is 2.95. The molecule has 0 fully saturated rings. The standard InChI is InChI=1S/C10H15FN2O2/c1-6-3-7(11)4-13-9(6)10(15)8(14)5-12-2/h3-4,8,10,12,14-15H,5H2,1-2H3. The van der Waals surface area contributed by atoms with E-state index in [1.165, 1.54) is 6.07 Å². The zero-order valence-corrected chi connectivity index (χ0v) is 8.74. The van der Waals surface area contributed by atoms with Gasteiger partial charge in [0.1, 0.15) is 11.9 Å². The number of pyridine rings is 1. The Balaban J connectivity index is 2.86. The Morgan fingerprint density at radius 1 is 1.53 bits per heavy atom. The first-order chi connectivity index (χ1) is 7.06. The van der Waals surface area contributed by atoms with Crippen molar-refractivity contribution in [3.63, 3.8) is 0 Å². The molecule has 1 aromatic rings. The fraction of sp³-hybridized carbons (Fsp3) is 0.500. The normalized spacial score (nSPS) is 15.0. The average molecular weight is 214 g/mol. The summed E-state index contributed by atoms with van der Waals surface area (Å²) in [6, 6.07) is 1.28. The third-order valence-electron chi connectivity index (χ3n) is 2.14. The zero-order chi connectivity index (χ0) is 11.4. The molecule has 3 N–H and O–H groups in total. The number of hydrogen-bond donors (Lipinski definition) is 3. The van der Waals surface area contributed by atoms with Crippen LogP contribution in [-0.2, 0) is 0 Å². The molecular weight excluding hydrogens is 199 g/mol. The van der Waals surface area contributed by atoms with E-state index in [1.54, 1.807) is 14.0 Å². The maximum atomic E-state index is 12.7. The number of aliphatic hydroxyl groups is 2. The van der Waals surface area contributed by atoms with E-state index in [9.17, 15) is 14.6 Å². The molecule has 0 amide bonds. The molecule has 1 rings (SSSR count). The minimum Gasteiger partial charge on any atom is -0.389 e. The van der Waals surface area contributed by atoms with E-state index in [4.69, 9.17) is 0 Å². The van der Waals surface area contributed by atoms with Crippen molar-refractivity contribution in [1.82, 2.24) is 10.3 Å². The molecule has 1 heterocycles. The summed E-state index contributed by atoms with van der Waals surface area (Å²) in [5.74, 6) is -0.452. The topological polar surface area (TPSA) is 65.4 Å². The molecule has 84 valence electrons. The summed E-state index contributed by atoms with van der Waals surface area (Å²) in [6.45, 7) is 1.89. The molecule has 0 saturated carbocycles. The number of nitrogens with one attached hydrogen (secondary N) is 1. The van der Waals surface area contributed by atoms with E-state index in [1.807, 2.05) is 0 Å². The molecule has 0 aliphatic rings. The number of aliphatic hydroxyl groups excluding tert-OH is 2. The molecule has 0 radical (unpaired) electrons. The fourth-order valence-corrected chi connectivity index (χ4v) is 1.36. The summed E-state index contributed by atoms with van der Waals surface area (Å²) in [4.78, 5) is 3.77. The highest BCUT2D eigenvalue weighted by molar-refractivity contribution is 5.21. The average Bonchev–Trinajstić information content (AvgIpc) is 2.17. The van der Waals surface area contributed by atoms with Gasteiger partial charge in [0.05, 0.1) is 18.0 Å². The number of aryl methyl sites for hydroxylation is 1. The number of aromatic nitrogens is 1. The van der Waals surface area contributed by atoms with Crippen LogP contribution in [0.4, 0.5) is 4.39 Å². The summed E-state index contributed by atoms with van der Waals surface area (Å²) in [6.07, 6.45) is -1.03. The lowest BCUT2D eigenvalue weighted by atomic mass is 10.1. The van der Waals surface area contributed by atoms with Gasteiger partial charge in [0, 0.05) is 6.54 Å². The number of hydrogen-bond acceptors (Lipinski definition) is 4. The smallest absolute Gasteiger partial charge is 0.141 e. The Kier molecular flexibility index (Phi) is 4.14. The van der Waals surface area contributed by atoms with Gasteiger partial charge in [0.15, 0.2) is 0 Å². The lowest BCUT2D eigenvalue weighted by Crippen LogP contribution is -2.30. The second kappa shape index (κ2) is 5.16. The van der Waals surface area contributed by atoms with Gasteiger partial charge in [-0.15, -0.1) is 0 Å². The van der Waals surface area contributed by atoms with E-state index in [0.717, 1.165) is 6.20 Å². The molecule has 1 aromatic heterocycles. The first kappa shape index (κ1) is 12.0. The van der Waals surface area contributed by atoms with Crippen molar-refractivity contribution in [2.75, 3.05) is 13.6 Å². The van der Waals surface area contributed by atoms with Gasteiger partial charge < -0.3 is 15.5 Å². The lowest BCUT2D eigenvalue weighted by molar-refractivity contribution is 0.0172. The van der Waals surface area contributed by atoms with Crippen LogP contribution in [0, 0.1) is 12.7 Å². The van der Waals surface area contributed by atoms with Crippen molar-refractivity contribution in [1.29, 1.82) is 0 Å². The summed E-state index contributed by atoms with van der Waals surface area (Å²) in [5, 5.41) is 22.0. The van der Waals surface area contributed by atoms with E-state index in [0.29, 0.717) is 11.3 Å². The Morgan fingerprint density at radius 3 is 2.73 bits per heavy atom. The number of rotatable bonds is 4. The second-order valence-corrected chi connectivity index (χ2v) is 3.43. The molecule has 0 bridgehead atoms. The number of likely N-dealkylation sites (N-methyl/N-ethyl adjacent to an activating group) is 1. The van der Waals surface area contributed by atoms with Crippen molar-refractivity contribution in [2.24, 2.45) is 0 Å². The Labute approximate surface area is 87.8 Å². The Hall–Kier alpha value is -1.04. The van der Waals surface area contributed by atoms with Crippen molar-refractivity contribution in [3.05, 3.63) is 29.3 Å². The van der Waals surface area contributed by atoms with E-state index in [-0.39, 0.29) is 6.54 Å². The minimum absolute atomic E-state index is 0.250. The van der Waals surface area contributed by atoms with Gasteiger partial charge in [-0.25, -0.2) is 4.39 Å². The molecule has 0 saturated heterocycles. The lowest BCUT2D eigenvalue weighted by Gasteiger charge is -2.18. The van der Waals surface area contributed by atoms with E-state index < -0.39 is 18.0 Å². The van der Waals surface area contributed by atoms with Gasteiger partial charge in [0.2, 0.25) is 0 Å². The van der Waals surface area contributed by atoms with Crippen LogP contribution in [-0.4, -0.2) is 34.9 Å².